The van der Waals surface area contributed by atoms with Gasteiger partial charge in [0.1, 0.15) is 0 Å². The zero-order valence-electron chi connectivity index (χ0n) is 15.7. The summed E-state index contributed by atoms with van der Waals surface area (Å²) in [5.41, 5.74) is 3.79. The molecule has 0 saturated heterocycles. The van der Waals surface area contributed by atoms with E-state index in [0.29, 0.717) is 17.8 Å². The van der Waals surface area contributed by atoms with Gasteiger partial charge in [0.25, 0.3) is 0 Å². The number of aryl methyl sites for hydroxylation is 2. The predicted molar refractivity (Wildman–Crippen MR) is 104 cm³/mol. The monoisotopic (exact) mass is 373 g/mol. The number of hydrogen-bond donors (Lipinski definition) is 0. The number of fused-ring (bicyclic) bond motifs is 1. The third kappa shape index (κ3) is 3.22. The number of rotatable bonds is 5. The average molecular weight is 373 g/mol. The highest BCUT2D eigenvalue weighted by Crippen LogP contribution is 2.24. The molecule has 28 heavy (non-hydrogen) atoms. The van der Waals surface area contributed by atoms with Gasteiger partial charge in [0.05, 0.1) is 22.5 Å². The molecule has 0 bridgehead atoms. The molecule has 0 saturated carbocycles. The number of carbonyl (C=O) groups is 1. The van der Waals surface area contributed by atoms with Gasteiger partial charge in [-0.3, -0.25) is 4.98 Å². The van der Waals surface area contributed by atoms with E-state index in [2.05, 4.69) is 20.5 Å². The number of carbonyl (C=O) groups excluding carboxylic acids is 1. The summed E-state index contributed by atoms with van der Waals surface area (Å²) >= 11 is 0. The maximum atomic E-state index is 12.9. The first kappa shape index (κ1) is 17.8. The van der Waals surface area contributed by atoms with E-state index < -0.39 is 5.97 Å². The normalized spacial score (nSPS) is 10.9. The van der Waals surface area contributed by atoms with Crippen LogP contribution in [0.5, 0.6) is 0 Å². The molecule has 0 N–H and O–H groups in total. The Kier molecular flexibility index (Phi) is 4.80. The number of ether oxygens (including phenoxy) is 1. The van der Waals surface area contributed by atoms with E-state index in [9.17, 15) is 4.79 Å². The van der Waals surface area contributed by atoms with E-state index in [-0.39, 0.29) is 6.61 Å². The van der Waals surface area contributed by atoms with Gasteiger partial charge in [-0.15, -0.1) is 5.10 Å². The molecule has 0 aliphatic rings. The van der Waals surface area contributed by atoms with E-state index in [1.165, 1.54) is 0 Å². The SMILES string of the molecule is CCc1nc2ccccc2c(C)c1C(=O)OCc1nnnn1-c1ccccc1. The molecule has 7 nitrogen and oxygen atoms in total. The minimum Gasteiger partial charge on any atom is -0.454 e. The Balaban J connectivity index is 1.62. The first-order valence-corrected chi connectivity index (χ1v) is 9.07. The Morgan fingerprint density at radius 3 is 2.61 bits per heavy atom. The quantitative estimate of drug-likeness (QED) is 0.498. The molecule has 0 atom stereocenters. The highest BCUT2D eigenvalue weighted by molar-refractivity contribution is 5.98. The van der Waals surface area contributed by atoms with E-state index in [1.807, 2.05) is 68.4 Å². The molecule has 4 aromatic rings. The van der Waals surface area contributed by atoms with Gasteiger partial charge < -0.3 is 4.74 Å². The lowest BCUT2D eigenvalue weighted by molar-refractivity contribution is 0.0457. The molecular weight excluding hydrogens is 354 g/mol. The van der Waals surface area contributed by atoms with Crippen LogP contribution in [0.4, 0.5) is 0 Å². The molecule has 140 valence electrons. The third-order valence-electron chi connectivity index (χ3n) is 4.63. The van der Waals surface area contributed by atoms with E-state index in [1.54, 1.807) is 4.68 Å². The van der Waals surface area contributed by atoms with Gasteiger partial charge in [-0.05, 0) is 47.5 Å². The number of pyridine rings is 1. The van der Waals surface area contributed by atoms with Gasteiger partial charge in [-0.2, -0.15) is 4.68 Å². The largest absolute Gasteiger partial charge is 0.454 e. The second-order valence-corrected chi connectivity index (χ2v) is 6.35. The van der Waals surface area contributed by atoms with Gasteiger partial charge in [-0.1, -0.05) is 43.3 Å². The Hall–Kier alpha value is -3.61. The predicted octanol–water partition coefficient (Wildman–Crippen LogP) is 3.44. The van der Waals surface area contributed by atoms with Gasteiger partial charge in [-0.25, -0.2) is 4.79 Å². The van der Waals surface area contributed by atoms with Crippen molar-refractivity contribution in [1.29, 1.82) is 0 Å². The lowest BCUT2D eigenvalue weighted by atomic mass is 10.0. The van der Waals surface area contributed by atoms with Crippen molar-refractivity contribution in [3.63, 3.8) is 0 Å². The number of para-hydroxylation sites is 2. The summed E-state index contributed by atoms with van der Waals surface area (Å²) in [4.78, 5) is 17.5. The molecule has 0 aliphatic heterocycles. The van der Waals surface area contributed by atoms with Crippen molar-refractivity contribution in [3.05, 3.63) is 77.2 Å². The molecule has 0 spiro atoms. The number of hydrogen-bond acceptors (Lipinski definition) is 6. The van der Waals surface area contributed by atoms with Crippen LogP contribution in [0, 0.1) is 6.92 Å². The molecule has 0 aliphatic carbocycles. The van der Waals surface area contributed by atoms with Gasteiger partial charge in [0.2, 0.25) is 0 Å². The number of aromatic nitrogens is 5. The zero-order chi connectivity index (χ0) is 19.5. The van der Waals surface area contributed by atoms with Crippen LogP contribution in [0.15, 0.2) is 54.6 Å². The first-order valence-electron chi connectivity index (χ1n) is 9.07. The van der Waals surface area contributed by atoms with E-state index >= 15 is 0 Å². The van der Waals surface area contributed by atoms with E-state index in [0.717, 1.165) is 27.8 Å². The van der Waals surface area contributed by atoms with Gasteiger partial charge in [0.15, 0.2) is 12.4 Å². The van der Waals surface area contributed by atoms with Crippen molar-refractivity contribution in [3.8, 4) is 5.69 Å². The topological polar surface area (TPSA) is 82.8 Å². The Bertz CT molecular complexity index is 1140. The Labute approximate surface area is 162 Å². The van der Waals surface area contributed by atoms with Crippen molar-refractivity contribution in [2.45, 2.75) is 26.9 Å². The number of esters is 1. The van der Waals surface area contributed by atoms with Crippen LogP contribution in [-0.4, -0.2) is 31.2 Å². The van der Waals surface area contributed by atoms with Crippen molar-refractivity contribution in [2.24, 2.45) is 0 Å². The minimum absolute atomic E-state index is 0.0316. The summed E-state index contributed by atoms with van der Waals surface area (Å²) in [6.45, 7) is 3.87. The third-order valence-corrected chi connectivity index (χ3v) is 4.63. The fourth-order valence-corrected chi connectivity index (χ4v) is 3.24. The van der Waals surface area contributed by atoms with Gasteiger partial charge in [0, 0.05) is 5.39 Å². The molecule has 0 fully saturated rings. The summed E-state index contributed by atoms with van der Waals surface area (Å²) in [5, 5.41) is 12.6. The molecule has 0 radical (unpaired) electrons. The first-order chi connectivity index (χ1) is 13.7. The van der Waals surface area contributed by atoms with Crippen molar-refractivity contribution in [1.82, 2.24) is 25.2 Å². The van der Waals surface area contributed by atoms with Crippen LogP contribution in [0.1, 0.15) is 34.4 Å². The fraction of sp³-hybridized carbons (Fsp3) is 0.190. The number of tetrazole rings is 1. The van der Waals surface area contributed by atoms with Crippen LogP contribution in [0.3, 0.4) is 0 Å². The maximum Gasteiger partial charge on any atom is 0.340 e. The Morgan fingerprint density at radius 1 is 1.07 bits per heavy atom. The number of benzene rings is 2. The second-order valence-electron chi connectivity index (χ2n) is 6.35. The number of nitrogens with zero attached hydrogens (tertiary/aromatic N) is 5. The molecule has 2 aromatic heterocycles. The van der Waals surface area contributed by atoms with Crippen LogP contribution >= 0.6 is 0 Å². The van der Waals surface area contributed by atoms with Crippen molar-refractivity contribution in [2.75, 3.05) is 0 Å². The van der Waals surface area contributed by atoms with Gasteiger partial charge >= 0.3 is 5.97 Å². The molecule has 0 unspecified atom stereocenters. The fourth-order valence-electron chi connectivity index (χ4n) is 3.24. The van der Waals surface area contributed by atoms with Crippen LogP contribution < -0.4 is 0 Å². The molecule has 7 heteroatoms. The van der Waals surface area contributed by atoms with Crippen LogP contribution in [0.2, 0.25) is 0 Å². The van der Waals surface area contributed by atoms with Crippen molar-refractivity contribution < 1.29 is 9.53 Å². The lowest BCUT2D eigenvalue weighted by Crippen LogP contribution is -2.14. The molecule has 2 heterocycles. The highest BCUT2D eigenvalue weighted by Gasteiger charge is 2.20. The molecular formula is C21H19N5O2. The molecule has 4 rings (SSSR count). The smallest absolute Gasteiger partial charge is 0.340 e. The lowest BCUT2D eigenvalue weighted by Gasteiger charge is -2.13. The van der Waals surface area contributed by atoms with Crippen molar-refractivity contribution >= 4 is 16.9 Å². The molecule has 2 aromatic carbocycles. The summed E-state index contributed by atoms with van der Waals surface area (Å²) in [6.07, 6.45) is 0.637. The minimum atomic E-state index is -0.421. The standard InChI is InChI=1S/C21H19N5O2/c1-3-17-20(14(2)16-11-7-8-12-18(16)22-17)21(27)28-13-19-23-24-25-26(19)15-9-5-4-6-10-15/h4-12H,3,13H2,1-2H3. The maximum absolute atomic E-state index is 12.9. The Morgan fingerprint density at radius 2 is 1.82 bits per heavy atom. The summed E-state index contributed by atoms with van der Waals surface area (Å²) in [6, 6.07) is 17.3. The van der Waals surface area contributed by atoms with E-state index in [4.69, 9.17) is 4.74 Å². The summed E-state index contributed by atoms with van der Waals surface area (Å²) in [7, 11) is 0. The highest BCUT2D eigenvalue weighted by atomic mass is 16.5. The molecule has 0 amide bonds. The average Bonchev–Trinajstić information content (AvgIpc) is 3.21. The van der Waals surface area contributed by atoms with Crippen LogP contribution in [0.25, 0.3) is 16.6 Å². The van der Waals surface area contributed by atoms with Crippen LogP contribution in [-0.2, 0) is 17.8 Å². The second kappa shape index (κ2) is 7.56. The summed E-state index contributed by atoms with van der Waals surface area (Å²) < 4.78 is 7.12. The zero-order valence-corrected chi connectivity index (χ0v) is 15.7. The summed E-state index contributed by atoms with van der Waals surface area (Å²) in [5.74, 6) is 0.0271.